The Morgan fingerprint density at radius 1 is 1.14 bits per heavy atom. The molecule has 21 heavy (non-hydrogen) atoms. The molecule has 3 aromatic rings. The molecule has 0 saturated heterocycles. The van der Waals surface area contributed by atoms with Gasteiger partial charge in [0, 0.05) is 9.13 Å². The Kier molecular flexibility index (Phi) is 3.67. The molecule has 2 aromatic carbocycles. The summed E-state index contributed by atoms with van der Waals surface area (Å²) in [5.74, 6) is 0.182. The maximum absolute atomic E-state index is 13.3. The lowest BCUT2D eigenvalue weighted by Crippen LogP contribution is -1.90. The second-order valence-corrected chi connectivity index (χ2v) is 6.01. The number of nitrogens with zero attached hydrogens (tertiary/aromatic N) is 1. The van der Waals surface area contributed by atoms with Crippen molar-refractivity contribution in [2.75, 3.05) is 5.73 Å². The summed E-state index contributed by atoms with van der Waals surface area (Å²) in [5.41, 5.74) is 10.7. The molecule has 0 unspecified atom stereocenters. The zero-order valence-electron chi connectivity index (χ0n) is 11.3. The number of aromatic amines is 1. The molecule has 1 aromatic heterocycles. The maximum Gasteiger partial charge on any atom is 0.153 e. The molecule has 0 aliphatic rings. The highest BCUT2D eigenvalue weighted by molar-refractivity contribution is 14.1. The lowest BCUT2D eigenvalue weighted by Gasteiger charge is -2.07. The van der Waals surface area contributed by atoms with Crippen molar-refractivity contribution in [3.63, 3.8) is 0 Å². The first kappa shape index (κ1) is 14.1. The van der Waals surface area contributed by atoms with Crippen molar-refractivity contribution in [2.45, 2.75) is 6.92 Å². The van der Waals surface area contributed by atoms with Gasteiger partial charge in [0.25, 0.3) is 0 Å². The number of anilines is 1. The Hall–Kier alpha value is -1.89. The summed E-state index contributed by atoms with van der Waals surface area (Å²) in [6, 6.07) is 12.7. The Balaban J connectivity index is 2.19. The van der Waals surface area contributed by atoms with Gasteiger partial charge in [-0.25, -0.2) is 4.39 Å². The number of H-pyrrole nitrogens is 1. The van der Waals surface area contributed by atoms with Gasteiger partial charge in [-0.05, 0) is 53.3 Å². The zero-order chi connectivity index (χ0) is 15.0. The van der Waals surface area contributed by atoms with E-state index in [1.807, 2.05) is 31.2 Å². The van der Waals surface area contributed by atoms with E-state index in [1.54, 1.807) is 6.07 Å². The standard InChI is InChI=1S/C16H13FIN3/c1-9-2-4-10(5-3-9)14-15(20-21-16(14)19)12-7-6-11(17)8-13(12)18/h2-8H,1H3,(H3,19,20,21). The maximum atomic E-state index is 13.3. The molecule has 106 valence electrons. The third-order valence-corrected chi connectivity index (χ3v) is 4.23. The van der Waals surface area contributed by atoms with Crippen molar-refractivity contribution in [3.05, 3.63) is 57.4 Å². The second kappa shape index (κ2) is 5.48. The first-order chi connectivity index (χ1) is 10.1. The zero-order valence-corrected chi connectivity index (χ0v) is 13.5. The van der Waals surface area contributed by atoms with Gasteiger partial charge in [-0.1, -0.05) is 29.8 Å². The van der Waals surface area contributed by atoms with Crippen molar-refractivity contribution in [1.82, 2.24) is 10.2 Å². The van der Waals surface area contributed by atoms with Crippen LogP contribution in [0.5, 0.6) is 0 Å². The van der Waals surface area contributed by atoms with Gasteiger partial charge in [0.1, 0.15) is 5.82 Å². The van der Waals surface area contributed by atoms with Crippen LogP contribution in [0.15, 0.2) is 42.5 Å². The number of hydrogen-bond donors (Lipinski definition) is 2. The molecule has 0 fully saturated rings. The lowest BCUT2D eigenvalue weighted by molar-refractivity contribution is 0.627. The number of aromatic nitrogens is 2. The number of halogens is 2. The van der Waals surface area contributed by atoms with Gasteiger partial charge in [0.2, 0.25) is 0 Å². The van der Waals surface area contributed by atoms with E-state index in [2.05, 4.69) is 32.8 Å². The molecule has 3 nitrogen and oxygen atoms in total. The minimum absolute atomic E-state index is 0.257. The fourth-order valence-electron chi connectivity index (χ4n) is 2.26. The molecule has 0 saturated carbocycles. The molecule has 0 atom stereocenters. The normalized spacial score (nSPS) is 10.8. The second-order valence-electron chi connectivity index (χ2n) is 4.85. The molecule has 3 rings (SSSR count). The van der Waals surface area contributed by atoms with Crippen LogP contribution in [0, 0.1) is 16.3 Å². The number of nitrogens with one attached hydrogen (secondary N) is 1. The van der Waals surface area contributed by atoms with Gasteiger partial charge in [0.15, 0.2) is 5.82 Å². The van der Waals surface area contributed by atoms with Crippen molar-refractivity contribution in [3.8, 4) is 22.4 Å². The quantitative estimate of drug-likeness (QED) is 0.635. The Morgan fingerprint density at radius 3 is 2.52 bits per heavy atom. The summed E-state index contributed by atoms with van der Waals surface area (Å²) in [5, 5.41) is 7.07. The minimum Gasteiger partial charge on any atom is -0.382 e. The van der Waals surface area contributed by atoms with Crippen LogP contribution in [0.2, 0.25) is 0 Å². The fourth-order valence-corrected chi connectivity index (χ4v) is 3.00. The van der Waals surface area contributed by atoms with E-state index in [-0.39, 0.29) is 5.82 Å². The highest BCUT2D eigenvalue weighted by atomic mass is 127. The Bertz CT molecular complexity index is 794. The van der Waals surface area contributed by atoms with Crippen molar-refractivity contribution < 1.29 is 4.39 Å². The first-order valence-corrected chi connectivity index (χ1v) is 7.50. The van der Waals surface area contributed by atoms with E-state index >= 15 is 0 Å². The summed E-state index contributed by atoms with van der Waals surface area (Å²) >= 11 is 2.11. The lowest BCUT2D eigenvalue weighted by atomic mass is 10.00. The third-order valence-electron chi connectivity index (χ3n) is 3.34. The van der Waals surface area contributed by atoms with Crippen molar-refractivity contribution >= 4 is 28.4 Å². The van der Waals surface area contributed by atoms with Gasteiger partial charge in [-0.3, -0.25) is 5.10 Å². The molecular formula is C16H13FIN3. The average molecular weight is 393 g/mol. The number of benzene rings is 2. The highest BCUT2D eigenvalue weighted by Crippen LogP contribution is 2.36. The van der Waals surface area contributed by atoms with Crippen molar-refractivity contribution in [1.29, 1.82) is 0 Å². The van der Waals surface area contributed by atoms with Gasteiger partial charge in [-0.2, -0.15) is 5.10 Å². The van der Waals surface area contributed by atoms with Gasteiger partial charge in [0.05, 0.1) is 11.3 Å². The molecule has 0 spiro atoms. The molecule has 5 heteroatoms. The number of hydrogen-bond acceptors (Lipinski definition) is 2. The van der Waals surface area contributed by atoms with Gasteiger partial charge in [-0.15, -0.1) is 0 Å². The van der Waals surface area contributed by atoms with E-state index in [4.69, 9.17) is 5.73 Å². The molecular weight excluding hydrogens is 380 g/mol. The average Bonchev–Trinajstić information content (AvgIpc) is 2.82. The van der Waals surface area contributed by atoms with E-state index < -0.39 is 0 Å². The molecule has 3 N–H and O–H groups in total. The van der Waals surface area contributed by atoms with Crippen molar-refractivity contribution in [2.24, 2.45) is 0 Å². The minimum atomic E-state index is -0.257. The predicted molar refractivity (Wildman–Crippen MR) is 91.3 cm³/mol. The largest absolute Gasteiger partial charge is 0.382 e. The summed E-state index contributed by atoms with van der Waals surface area (Å²) in [7, 11) is 0. The number of aryl methyl sites for hydroxylation is 1. The molecule has 0 bridgehead atoms. The van der Waals surface area contributed by atoms with Crippen LogP contribution < -0.4 is 5.73 Å². The van der Waals surface area contributed by atoms with Gasteiger partial charge >= 0.3 is 0 Å². The summed E-state index contributed by atoms with van der Waals surface area (Å²) in [4.78, 5) is 0. The third kappa shape index (κ3) is 2.65. The van der Waals surface area contributed by atoms with Crippen LogP contribution in [0.4, 0.5) is 10.2 Å². The molecule has 0 aliphatic carbocycles. The van der Waals surface area contributed by atoms with Crippen LogP contribution in [0.3, 0.4) is 0 Å². The number of nitrogens with two attached hydrogens (primary N) is 1. The monoisotopic (exact) mass is 393 g/mol. The predicted octanol–water partition coefficient (Wildman–Crippen LogP) is 4.38. The summed E-state index contributed by atoms with van der Waals surface area (Å²) in [6.45, 7) is 2.03. The van der Waals surface area contributed by atoms with Crippen LogP contribution in [-0.4, -0.2) is 10.2 Å². The highest BCUT2D eigenvalue weighted by Gasteiger charge is 2.16. The topological polar surface area (TPSA) is 54.7 Å². The van der Waals surface area contributed by atoms with Gasteiger partial charge < -0.3 is 5.73 Å². The smallest absolute Gasteiger partial charge is 0.153 e. The number of rotatable bonds is 2. The first-order valence-electron chi connectivity index (χ1n) is 6.42. The van der Waals surface area contributed by atoms with E-state index in [0.717, 1.165) is 26.0 Å². The van der Waals surface area contributed by atoms with E-state index in [0.29, 0.717) is 5.82 Å². The van der Waals surface area contributed by atoms with E-state index in [9.17, 15) is 4.39 Å². The summed E-state index contributed by atoms with van der Waals surface area (Å²) in [6.07, 6.45) is 0. The molecule has 0 amide bonds. The SMILES string of the molecule is Cc1ccc(-c2c(N)n[nH]c2-c2ccc(F)cc2I)cc1. The Labute approximate surface area is 135 Å². The van der Waals surface area contributed by atoms with E-state index in [1.165, 1.54) is 17.7 Å². The molecule has 1 heterocycles. The van der Waals surface area contributed by atoms with Crippen LogP contribution in [-0.2, 0) is 0 Å². The number of nitrogen functional groups attached to an aromatic ring is 1. The summed E-state index contributed by atoms with van der Waals surface area (Å²) < 4.78 is 14.1. The molecule has 0 aliphatic heterocycles. The van der Waals surface area contributed by atoms with Crippen LogP contribution in [0.25, 0.3) is 22.4 Å². The fraction of sp³-hybridized carbons (Fsp3) is 0.0625. The van der Waals surface area contributed by atoms with Crippen LogP contribution >= 0.6 is 22.6 Å². The Morgan fingerprint density at radius 2 is 1.86 bits per heavy atom. The molecule has 0 radical (unpaired) electrons. The van der Waals surface area contributed by atoms with Crippen LogP contribution in [0.1, 0.15) is 5.56 Å².